The third kappa shape index (κ3) is 6.30. The van der Waals surface area contributed by atoms with E-state index >= 15 is 0 Å². The van der Waals surface area contributed by atoms with Crippen LogP contribution in [0.3, 0.4) is 0 Å². The molecule has 0 radical (unpaired) electrons. The Morgan fingerprint density at radius 2 is 1.89 bits per heavy atom. The number of alkyl halides is 3. The summed E-state index contributed by atoms with van der Waals surface area (Å²) in [5.74, 6) is 0.865. The molecule has 2 aliphatic rings. The molecule has 0 aliphatic carbocycles. The van der Waals surface area contributed by atoms with Crippen LogP contribution in [0.1, 0.15) is 35.4 Å². The van der Waals surface area contributed by atoms with Gasteiger partial charge in [0.1, 0.15) is 4.88 Å². The SMILES string of the molecule is O=C1CC(=O)/C(=C/c2ccnc(N3CCC(CNCc4cccnc4-c4ccc(C(F)(F)F)s4)CC3)n2)S1. The lowest BCUT2D eigenvalue weighted by atomic mass is 9.97. The van der Waals surface area contributed by atoms with Crippen LogP contribution in [-0.4, -0.2) is 45.5 Å². The number of hydrogen-bond donors (Lipinski definition) is 1. The number of thioether (sulfide) groups is 1. The average molecular weight is 560 g/mol. The maximum atomic E-state index is 13.0. The fourth-order valence-corrected chi connectivity index (χ4v) is 6.16. The van der Waals surface area contributed by atoms with Gasteiger partial charge in [0.15, 0.2) is 5.78 Å². The number of hydrogen-bond acceptors (Lipinski definition) is 9. The van der Waals surface area contributed by atoms with Crippen molar-refractivity contribution in [3.63, 3.8) is 0 Å². The Kier molecular flexibility index (Phi) is 7.91. The quantitative estimate of drug-likeness (QED) is 0.312. The second-order valence-corrected chi connectivity index (χ2v) is 11.3. The van der Waals surface area contributed by atoms with Crippen LogP contribution in [0.25, 0.3) is 16.6 Å². The number of Topliss-reactive ketones (excluding diaryl/α,β-unsaturated/α-hetero) is 1. The molecule has 3 aromatic heterocycles. The molecular weight excluding hydrogens is 535 g/mol. The predicted molar refractivity (Wildman–Crippen MR) is 141 cm³/mol. The van der Waals surface area contributed by atoms with Gasteiger partial charge in [0.2, 0.25) is 11.1 Å². The monoisotopic (exact) mass is 559 g/mol. The number of carbonyl (C=O) groups is 2. The molecule has 38 heavy (non-hydrogen) atoms. The van der Waals surface area contributed by atoms with E-state index in [0.717, 1.165) is 55.9 Å². The fourth-order valence-electron chi connectivity index (χ4n) is 4.44. The van der Waals surface area contributed by atoms with E-state index in [2.05, 4.69) is 25.2 Å². The molecular formula is C26H24F3N5O2S2. The van der Waals surface area contributed by atoms with Crippen LogP contribution in [0, 0.1) is 5.92 Å². The van der Waals surface area contributed by atoms with Gasteiger partial charge in [-0.1, -0.05) is 6.07 Å². The second kappa shape index (κ2) is 11.3. The van der Waals surface area contributed by atoms with Gasteiger partial charge >= 0.3 is 6.18 Å². The third-order valence-corrected chi connectivity index (χ3v) is 8.48. The Labute approximate surface area is 225 Å². The van der Waals surface area contributed by atoms with Crippen LogP contribution < -0.4 is 10.2 Å². The summed E-state index contributed by atoms with van der Waals surface area (Å²) < 4.78 is 39.1. The number of carbonyl (C=O) groups excluding carboxylic acids is 2. The van der Waals surface area contributed by atoms with Crippen LogP contribution in [0.2, 0.25) is 0 Å². The van der Waals surface area contributed by atoms with Crippen molar-refractivity contribution in [1.82, 2.24) is 20.3 Å². The average Bonchev–Trinajstić information content (AvgIpc) is 3.51. The predicted octanol–water partition coefficient (Wildman–Crippen LogP) is 5.20. The Hall–Kier alpha value is -3.09. The standard InChI is InChI=1S/C26H24F3N5O2S2/c27-26(28,29)22-4-3-20(37-22)24-17(2-1-8-31-24)15-30-14-16-6-10-34(11-7-16)25-32-9-5-18(33-25)12-21-19(35)13-23(36)38-21/h1-5,8-9,12,16,30H,6-7,10-11,13-15H2/b21-12-. The van der Waals surface area contributed by atoms with Crippen molar-refractivity contribution in [2.45, 2.75) is 32.0 Å². The largest absolute Gasteiger partial charge is 0.425 e. The van der Waals surface area contributed by atoms with Gasteiger partial charge in [-0.3, -0.25) is 14.6 Å². The molecule has 0 atom stereocenters. The lowest BCUT2D eigenvalue weighted by Gasteiger charge is -2.32. The molecule has 3 aromatic rings. The van der Waals surface area contributed by atoms with Gasteiger partial charge in [-0.15, -0.1) is 11.3 Å². The maximum absolute atomic E-state index is 13.0. The number of anilines is 1. The summed E-state index contributed by atoms with van der Waals surface area (Å²) in [6, 6.07) is 7.98. The molecule has 12 heteroatoms. The molecule has 0 aromatic carbocycles. The van der Waals surface area contributed by atoms with E-state index in [-0.39, 0.29) is 17.3 Å². The lowest BCUT2D eigenvalue weighted by molar-refractivity contribution is -0.134. The first kappa shape index (κ1) is 26.5. The molecule has 0 amide bonds. The molecule has 1 N–H and O–H groups in total. The van der Waals surface area contributed by atoms with Gasteiger partial charge in [-0.2, -0.15) is 13.2 Å². The summed E-state index contributed by atoms with van der Waals surface area (Å²) in [6.45, 7) is 2.86. The van der Waals surface area contributed by atoms with Gasteiger partial charge in [0.25, 0.3) is 0 Å². The molecule has 7 nitrogen and oxygen atoms in total. The molecule has 0 unspecified atom stereocenters. The highest BCUT2D eigenvalue weighted by Crippen LogP contribution is 2.38. The van der Waals surface area contributed by atoms with E-state index in [4.69, 9.17) is 0 Å². The number of pyridine rings is 1. The highest BCUT2D eigenvalue weighted by molar-refractivity contribution is 8.18. The zero-order valence-corrected chi connectivity index (χ0v) is 21.8. The zero-order valence-electron chi connectivity index (χ0n) is 20.2. The van der Waals surface area contributed by atoms with Crippen molar-refractivity contribution in [2.75, 3.05) is 24.5 Å². The summed E-state index contributed by atoms with van der Waals surface area (Å²) in [6.07, 6.45) is 2.35. The van der Waals surface area contributed by atoms with Crippen LogP contribution in [0.4, 0.5) is 19.1 Å². The summed E-state index contributed by atoms with van der Waals surface area (Å²) in [5.41, 5.74) is 2.04. The molecule has 0 saturated carbocycles. The number of allylic oxidation sites excluding steroid dienone is 1. The van der Waals surface area contributed by atoms with Crippen LogP contribution >= 0.6 is 23.1 Å². The van der Waals surface area contributed by atoms with E-state index in [0.29, 0.717) is 50.9 Å². The van der Waals surface area contributed by atoms with E-state index in [9.17, 15) is 22.8 Å². The maximum Gasteiger partial charge on any atom is 0.425 e. The number of thiophene rings is 1. The van der Waals surface area contributed by atoms with Gasteiger partial charge in [0, 0.05) is 32.0 Å². The summed E-state index contributed by atoms with van der Waals surface area (Å²) in [7, 11) is 0. The number of nitrogens with zero attached hydrogens (tertiary/aromatic N) is 4. The molecule has 0 bridgehead atoms. The highest BCUT2D eigenvalue weighted by atomic mass is 32.2. The summed E-state index contributed by atoms with van der Waals surface area (Å²) in [5, 5.41) is 3.31. The van der Waals surface area contributed by atoms with Crippen molar-refractivity contribution in [3.05, 3.63) is 63.8 Å². The normalized spacial score (nSPS) is 18.1. The number of rotatable bonds is 7. The number of nitrogens with one attached hydrogen (secondary N) is 1. The van der Waals surface area contributed by atoms with Gasteiger partial charge in [-0.05, 0) is 73.0 Å². The Balaban J connectivity index is 1.14. The van der Waals surface area contributed by atoms with Crippen molar-refractivity contribution in [2.24, 2.45) is 5.92 Å². The minimum absolute atomic E-state index is 0.0644. The molecule has 2 fully saturated rings. The third-order valence-electron chi connectivity index (χ3n) is 6.40. The first-order valence-corrected chi connectivity index (χ1v) is 13.7. The van der Waals surface area contributed by atoms with Crippen molar-refractivity contribution < 1.29 is 22.8 Å². The minimum atomic E-state index is -4.36. The first-order chi connectivity index (χ1) is 18.3. The highest BCUT2D eigenvalue weighted by Gasteiger charge is 2.33. The van der Waals surface area contributed by atoms with Crippen LogP contribution in [-0.2, 0) is 22.3 Å². The number of ketones is 1. The molecule has 198 valence electrons. The summed E-state index contributed by atoms with van der Waals surface area (Å²) in [4.78, 5) is 39.1. The lowest BCUT2D eigenvalue weighted by Crippen LogP contribution is -2.38. The molecule has 0 spiro atoms. The van der Waals surface area contributed by atoms with Gasteiger partial charge < -0.3 is 10.2 Å². The van der Waals surface area contributed by atoms with E-state index in [1.807, 2.05) is 6.07 Å². The number of piperidine rings is 1. The van der Waals surface area contributed by atoms with Gasteiger partial charge in [0.05, 0.1) is 27.6 Å². The van der Waals surface area contributed by atoms with Crippen LogP contribution in [0.15, 0.2) is 47.6 Å². The fraction of sp³-hybridized carbons (Fsp3) is 0.346. The smallest absolute Gasteiger partial charge is 0.341 e. The molecule has 5 heterocycles. The van der Waals surface area contributed by atoms with Gasteiger partial charge in [-0.25, -0.2) is 9.97 Å². The second-order valence-electron chi connectivity index (χ2n) is 9.10. The zero-order chi connectivity index (χ0) is 26.7. The van der Waals surface area contributed by atoms with Crippen molar-refractivity contribution in [3.8, 4) is 10.6 Å². The Morgan fingerprint density at radius 3 is 2.61 bits per heavy atom. The summed E-state index contributed by atoms with van der Waals surface area (Å²) >= 11 is 1.67. The Bertz CT molecular complexity index is 1370. The molecule has 5 rings (SSSR count). The number of halogens is 3. The Morgan fingerprint density at radius 1 is 1.08 bits per heavy atom. The van der Waals surface area contributed by atoms with E-state index in [1.54, 1.807) is 30.6 Å². The van der Waals surface area contributed by atoms with E-state index < -0.39 is 11.1 Å². The van der Waals surface area contributed by atoms with Crippen molar-refractivity contribution in [1.29, 1.82) is 0 Å². The molecule has 2 aliphatic heterocycles. The van der Waals surface area contributed by atoms with E-state index in [1.165, 1.54) is 6.07 Å². The molecule has 2 saturated heterocycles. The topological polar surface area (TPSA) is 88.1 Å². The minimum Gasteiger partial charge on any atom is -0.341 e. The van der Waals surface area contributed by atoms with Crippen molar-refractivity contribution >= 4 is 46.0 Å². The number of aromatic nitrogens is 3. The van der Waals surface area contributed by atoms with Crippen LogP contribution in [0.5, 0.6) is 0 Å². The first-order valence-electron chi connectivity index (χ1n) is 12.1.